The molecule has 0 rings (SSSR count). The minimum Gasteiger partial charge on any atom is -0.759 e. The quantitative estimate of drug-likeness (QED) is 0.252. The van der Waals surface area contributed by atoms with Gasteiger partial charge in [-0.25, -0.2) is 0 Å². The van der Waals surface area contributed by atoms with Crippen molar-refractivity contribution in [2.45, 2.75) is 0 Å². The third-order valence-electron chi connectivity index (χ3n) is 0. The molecule has 0 fully saturated rings. The van der Waals surface area contributed by atoms with Crippen LogP contribution >= 0.6 is 0 Å². The van der Waals surface area contributed by atoms with Gasteiger partial charge in [-0.15, -0.1) is 0 Å². The first kappa shape index (κ1) is 49.6. The van der Waals surface area contributed by atoms with Crippen molar-refractivity contribution in [3.8, 4) is 0 Å². The molecule has 0 unspecified atom stereocenters. The van der Waals surface area contributed by atoms with Crippen LogP contribution in [0.5, 0.6) is 0 Å². The average Bonchev–Trinajstić information content (AvgIpc) is 1.50. The fraction of sp³-hybridized carbons (Fsp3) is 0. The largest absolute Gasteiger partial charge is 1.00 e. The van der Waals surface area contributed by atoms with Gasteiger partial charge in [-0.2, -0.15) is 0 Å². The second kappa shape index (κ2) is 32.4. The Morgan fingerprint density at radius 2 is 0.778 bits per heavy atom. The summed E-state index contributed by atoms with van der Waals surface area (Å²) in [7, 11) is -5.17. The Morgan fingerprint density at radius 1 is 0.778 bits per heavy atom. The van der Waals surface area contributed by atoms with Crippen molar-refractivity contribution >= 4 is 22.7 Å². The van der Waals surface area contributed by atoms with Gasteiger partial charge in [0.1, 0.15) is 0 Å². The molecule has 0 spiro atoms. The van der Waals surface area contributed by atoms with E-state index in [9.17, 15) is 0 Å². The Balaban J connectivity index is -0.0000000123. The summed E-state index contributed by atoms with van der Waals surface area (Å²) in [4.78, 5) is 16.8. The Labute approximate surface area is 213 Å². The van der Waals surface area contributed by atoms with Crippen LogP contribution in [0.15, 0.2) is 0 Å². The van der Waals surface area contributed by atoms with Crippen LogP contribution in [0.2, 0.25) is 0 Å². The molecule has 0 amide bonds. The molecule has 0 aliphatic rings. The zero-order valence-electron chi connectivity index (χ0n) is 10.5. The Morgan fingerprint density at radius 3 is 0.778 bits per heavy atom. The summed E-state index contributed by atoms with van der Waals surface area (Å²) < 4.78 is 34.1. The number of hydrogen-bond acceptors (Lipinski definition) is 9. The third-order valence-corrected chi connectivity index (χ3v) is 0. The van der Waals surface area contributed by atoms with Crippen LogP contribution in [0.4, 0.5) is 9.59 Å². The minimum absolute atomic E-state index is 0. The van der Waals surface area contributed by atoms with Gasteiger partial charge in [0.2, 0.25) is 6.16 Å². The number of carbonyl (C=O) groups is 2. The zero-order valence-corrected chi connectivity index (χ0v) is 21.3. The summed E-state index contributed by atoms with van der Waals surface area (Å²) in [5.41, 5.74) is 0. The first-order valence-electron chi connectivity index (χ1n) is 1.91. The van der Waals surface area contributed by atoms with Crippen molar-refractivity contribution in [3.05, 3.63) is 0 Å². The van der Waals surface area contributed by atoms with E-state index in [0.717, 1.165) is 0 Å². The van der Waals surface area contributed by atoms with Crippen LogP contribution in [0.25, 0.3) is 0 Å². The molecule has 0 bridgehead atoms. The van der Waals surface area contributed by atoms with Crippen LogP contribution < -0.4 is 163 Å². The standard InChI is InChI=1S/2CH2O3.5Na.H2O4S/c2*2-1(3)4;;;;;;1-5(2,3)4/h2*(H2,2,3,4);;;;;;(H2,1,2,3,4)/q;;5*+1;/p-5. The second-order valence-electron chi connectivity index (χ2n) is 0.924. The molecule has 0 aliphatic heterocycles. The molecule has 0 atom stereocenters. The van der Waals surface area contributed by atoms with Crippen molar-refractivity contribution in [2.75, 3.05) is 0 Å². The molecular formula is C2HNa5O10S. The molecule has 0 aromatic carbocycles. The van der Waals surface area contributed by atoms with Gasteiger partial charge in [0, 0.05) is 10.4 Å². The van der Waals surface area contributed by atoms with Gasteiger partial charge in [-0.3, -0.25) is 8.42 Å². The molecule has 16 heteroatoms. The Kier molecular flexibility index (Phi) is 89.2. The van der Waals surface area contributed by atoms with E-state index in [4.69, 9.17) is 47.5 Å². The van der Waals surface area contributed by atoms with Gasteiger partial charge in [-0.1, -0.05) is 0 Å². The number of rotatable bonds is 0. The second-order valence-corrected chi connectivity index (χ2v) is 1.74. The third kappa shape index (κ3) is 566. The fourth-order valence-corrected chi connectivity index (χ4v) is 0. The molecule has 0 radical (unpaired) electrons. The minimum atomic E-state index is -5.17. The molecule has 0 saturated heterocycles. The van der Waals surface area contributed by atoms with E-state index in [1.54, 1.807) is 0 Å². The van der Waals surface area contributed by atoms with E-state index < -0.39 is 22.7 Å². The van der Waals surface area contributed by atoms with E-state index in [1.807, 2.05) is 0 Å². The van der Waals surface area contributed by atoms with E-state index in [2.05, 4.69) is 0 Å². The molecule has 1 N–H and O–H groups in total. The topological polar surface area (TPSA) is 204 Å². The zero-order chi connectivity index (χ0) is 11.7. The summed E-state index contributed by atoms with van der Waals surface area (Å²) in [5, 5.41) is 32.0. The van der Waals surface area contributed by atoms with Crippen molar-refractivity contribution in [2.24, 2.45) is 0 Å². The monoisotopic (exact) mass is 332 g/mol. The summed E-state index contributed by atoms with van der Waals surface area (Å²) in [6, 6.07) is 0. The molecule has 0 aliphatic carbocycles. The van der Waals surface area contributed by atoms with E-state index >= 15 is 0 Å². The van der Waals surface area contributed by atoms with Crippen LogP contribution in [-0.2, 0) is 10.4 Å². The van der Waals surface area contributed by atoms with Gasteiger partial charge in [0.15, 0.2) is 0 Å². The van der Waals surface area contributed by atoms with Crippen LogP contribution in [0.1, 0.15) is 0 Å². The SMILES string of the molecule is O=C([O-])O.O=C([O-])[O-].O=S(=O)([O-])[O-].[Na+].[Na+].[Na+].[Na+].[Na+]. The normalized spacial score (nSPS) is 5.89. The smallest absolute Gasteiger partial charge is 0.759 e. The van der Waals surface area contributed by atoms with Gasteiger partial charge in [-0.05, 0) is 6.16 Å². The van der Waals surface area contributed by atoms with E-state index in [1.165, 1.54) is 0 Å². The predicted molar refractivity (Wildman–Crippen MR) is 23.9 cm³/mol. The summed E-state index contributed by atoms with van der Waals surface area (Å²) >= 11 is 0. The summed E-state index contributed by atoms with van der Waals surface area (Å²) in [6.07, 6.45) is -4.42. The van der Waals surface area contributed by atoms with Crippen molar-refractivity contribution < 1.29 is 195 Å². The predicted octanol–water partition coefficient (Wildman–Crippen LogP) is -19.9. The first-order chi connectivity index (χ1) is 5.46. The maximum absolute atomic E-state index is 8.52. The van der Waals surface area contributed by atoms with Gasteiger partial charge < -0.3 is 39.1 Å². The maximum atomic E-state index is 8.52. The van der Waals surface area contributed by atoms with Crippen molar-refractivity contribution in [1.82, 2.24) is 0 Å². The van der Waals surface area contributed by atoms with Crippen LogP contribution in [-0.4, -0.2) is 34.9 Å². The molecular weight excluding hydrogens is 331 g/mol. The molecule has 18 heavy (non-hydrogen) atoms. The molecule has 0 aromatic heterocycles. The molecule has 0 aromatic rings. The maximum Gasteiger partial charge on any atom is 1.00 e. The summed E-state index contributed by atoms with van der Waals surface area (Å²) in [5.74, 6) is 0. The van der Waals surface area contributed by atoms with Crippen LogP contribution in [0, 0.1) is 0 Å². The van der Waals surface area contributed by atoms with Gasteiger partial charge >= 0.3 is 148 Å². The molecule has 0 heterocycles. The average molecular weight is 332 g/mol. The van der Waals surface area contributed by atoms with Crippen molar-refractivity contribution in [3.63, 3.8) is 0 Å². The fourth-order valence-electron chi connectivity index (χ4n) is 0. The van der Waals surface area contributed by atoms with Crippen molar-refractivity contribution in [1.29, 1.82) is 0 Å². The summed E-state index contributed by atoms with van der Waals surface area (Å²) in [6.45, 7) is 0. The van der Waals surface area contributed by atoms with E-state index in [-0.39, 0.29) is 148 Å². The molecule has 80 valence electrons. The Hall–Kier alpha value is 3.41. The Bertz CT molecular complexity index is 223. The van der Waals surface area contributed by atoms with Crippen LogP contribution in [0.3, 0.4) is 0 Å². The van der Waals surface area contributed by atoms with E-state index in [0.29, 0.717) is 0 Å². The van der Waals surface area contributed by atoms with Gasteiger partial charge in [0.25, 0.3) is 0 Å². The number of hydrogen-bond donors (Lipinski definition) is 1. The number of carbonyl (C=O) groups excluding carboxylic acids is 1. The van der Waals surface area contributed by atoms with Gasteiger partial charge in [0.05, 0.1) is 0 Å². The molecule has 0 saturated carbocycles. The molecule has 10 nitrogen and oxygen atoms in total. The number of carboxylic acid groups (broad SMARTS) is 4. The first-order valence-corrected chi connectivity index (χ1v) is 3.24.